The van der Waals surface area contributed by atoms with Gasteiger partial charge < -0.3 is 0 Å². The minimum Gasteiger partial charge on any atom is -0.286 e. The monoisotopic (exact) mass is 221 g/mol. The average molecular weight is 221 g/mol. The minimum atomic E-state index is -0.0325. The van der Waals surface area contributed by atoms with E-state index in [-0.39, 0.29) is 5.78 Å². The predicted molar refractivity (Wildman–Crippen MR) is 58.1 cm³/mol. The Balaban J connectivity index is 2.36. The first-order valence-corrected chi connectivity index (χ1v) is 5.57. The van der Waals surface area contributed by atoms with Gasteiger partial charge in [0, 0.05) is 7.05 Å². The fourth-order valence-corrected chi connectivity index (χ4v) is 2.32. The number of carbonyl (C=O) groups excluding carboxylic acids is 1. The van der Waals surface area contributed by atoms with Crippen LogP contribution in [0.25, 0.3) is 0 Å². The van der Waals surface area contributed by atoms with Crippen molar-refractivity contribution in [2.75, 3.05) is 0 Å². The van der Waals surface area contributed by atoms with E-state index in [9.17, 15) is 4.79 Å². The zero-order valence-corrected chi connectivity index (χ0v) is 9.41. The maximum absolute atomic E-state index is 12.0. The van der Waals surface area contributed by atoms with Crippen molar-refractivity contribution >= 4 is 17.1 Å². The summed E-state index contributed by atoms with van der Waals surface area (Å²) in [5.41, 5.74) is 1.49. The van der Waals surface area contributed by atoms with Crippen LogP contribution in [0, 0.1) is 0 Å². The number of carbonyl (C=O) groups is 1. The third-order valence-electron chi connectivity index (χ3n) is 2.17. The van der Waals surface area contributed by atoms with Gasteiger partial charge in [-0.1, -0.05) is 6.92 Å². The van der Waals surface area contributed by atoms with Crippen LogP contribution in [-0.4, -0.2) is 20.8 Å². The maximum atomic E-state index is 12.0. The highest BCUT2D eigenvalue weighted by atomic mass is 32.1. The number of hydrogen-bond acceptors (Lipinski definition) is 4. The molecule has 0 unspecified atom stereocenters. The van der Waals surface area contributed by atoms with E-state index in [1.54, 1.807) is 7.05 Å². The normalized spacial score (nSPS) is 10.5. The van der Waals surface area contributed by atoms with E-state index >= 15 is 0 Å². The smallest absolute Gasteiger partial charge is 0.225 e. The molecule has 0 aliphatic rings. The van der Waals surface area contributed by atoms with Crippen molar-refractivity contribution in [3.05, 3.63) is 33.8 Å². The van der Waals surface area contributed by atoms with Gasteiger partial charge in [-0.15, -0.1) is 11.3 Å². The SMILES string of the molecule is CCc1ccsc1C(=O)c1cnn(C)n1. The molecule has 2 aromatic rings. The van der Waals surface area contributed by atoms with Crippen LogP contribution in [0.2, 0.25) is 0 Å². The van der Waals surface area contributed by atoms with Crippen LogP contribution in [0.5, 0.6) is 0 Å². The molecule has 2 aromatic heterocycles. The third-order valence-corrected chi connectivity index (χ3v) is 3.12. The standard InChI is InChI=1S/C10H11N3OS/c1-3-7-4-5-15-10(7)9(14)8-6-11-13(2)12-8/h4-6H,3H2,1-2H3. The summed E-state index contributed by atoms with van der Waals surface area (Å²) in [6.45, 7) is 2.04. The Morgan fingerprint density at radius 3 is 3.00 bits per heavy atom. The molecule has 0 fully saturated rings. The number of nitrogens with zero attached hydrogens (tertiary/aromatic N) is 3. The molecule has 15 heavy (non-hydrogen) atoms. The summed E-state index contributed by atoms with van der Waals surface area (Å²) < 4.78 is 0. The van der Waals surface area contributed by atoms with Gasteiger partial charge >= 0.3 is 0 Å². The number of rotatable bonds is 3. The van der Waals surface area contributed by atoms with E-state index in [0.717, 1.165) is 16.9 Å². The average Bonchev–Trinajstić information content (AvgIpc) is 2.84. The predicted octanol–water partition coefficient (Wildman–Crippen LogP) is 1.67. The molecule has 0 saturated heterocycles. The van der Waals surface area contributed by atoms with Gasteiger partial charge in [0.1, 0.15) is 0 Å². The van der Waals surface area contributed by atoms with Crippen molar-refractivity contribution in [3.8, 4) is 0 Å². The first kappa shape index (κ1) is 10.0. The Kier molecular flexibility index (Phi) is 2.64. The van der Waals surface area contributed by atoms with Crippen molar-refractivity contribution in [1.82, 2.24) is 15.0 Å². The molecule has 78 valence electrons. The van der Waals surface area contributed by atoms with Crippen LogP contribution in [0.4, 0.5) is 0 Å². The van der Waals surface area contributed by atoms with E-state index in [0.29, 0.717) is 5.69 Å². The number of aryl methyl sites for hydroxylation is 2. The van der Waals surface area contributed by atoms with Gasteiger partial charge in [-0.25, -0.2) is 0 Å². The second-order valence-electron chi connectivity index (χ2n) is 3.18. The summed E-state index contributed by atoms with van der Waals surface area (Å²) in [7, 11) is 1.70. The van der Waals surface area contributed by atoms with Crippen LogP contribution >= 0.6 is 11.3 Å². The van der Waals surface area contributed by atoms with Gasteiger partial charge in [0.05, 0.1) is 11.1 Å². The fourth-order valence-electron chi connectivity index (χ4n) is 1.38. The van der Waals surface area contributed by atoms with Crippen LogP contribution in [0.1, 0.15) is 27.9 Å². The molecule has 5 heteroatoms. The molecule has 0 aliphatic heterocycles. The van der Waals surface area contributed by atoms with Crippen molar-refractivity contribution < 1.29 is 4.79 Å². The van der Waals surface area contributed by atoms with E-state index < -0.39 is 0 Å². The molecule has 0 amide bonds. The first-order chi connectivity index (χ1) is 7.22. The van der Waals surface area contributed by atoms with E-state index in [1.165, 1.54) is 22.3 Å². The van der Waals surface area contributed by atoms with E-state index in [4.69, 9.17) is 0 Å². The first-order valence-electron chi connectivity index (χ1n) is 4.69. The molecule has 0 N–H and O–H groups in total. The Hall–Kier alpha value is -1.49. The van der Waals surface area contributed by atoms with Crippen molar-refractivity contribution in [3.63, 3.8) is 0 Å². The van der Waals surface area contributed by atoms with Crippen LogP contribution < -0.4 is 0 Å². The Morgan fingerprint density at radius 2 is 2.40 bits per heavy atom. The van der Waals surface area contributed by atoms with Crippen LogP contribution in [0.3, 0.4) is 0 Å². The van der Waals surface area contributed by atoms with Gasteiger partial charge in [0.25, 0.3) is 0 Å². The van der Waals surface area contributed by atoms with E-state index in [1.807, 2.05) is 18.4 Å². The number of ketones is 1. The summed E-state index contributed by atoms with van der Waals surface area (Å²) in [5, 5.41) is 9.83. The van der Waals surface area contributed by atoms with Crippen LogP contribution in [0.15, 0.2) is 17.6 Å². The summed E-state index contributed by atoms with van der Waals surface area (Å²) in [6.07, 6.45) is 2.37. The summed E-state index contributed by atoms with van der Waals surface area (Å²) >= 11 is 1.46. The van der Waals surface area contributed by atoms with Gasteiger partial charge in [0.15, 0.2) is 5.69 Å². The Bertz CT molecular complexity index is 486. The highest BCUT2D eigenvalue weighted by Gasteiger charge is 2.16. The molecule has 0 bridgehead atoms. The molecule has 0 spiro atoms. The number of thiophene rings is 1. The van der Waals surface area contributed by atoms with Crippen molar-refractivity contribution in [2.24, 2.45) is 7.05 Å². The molecule has 0 aliphatic carbocycles. The quantitative estimate of drug-likeness (QED) is 0.741. The topological polar surface area (TPSA) is 47.8 Å². The molecule has 0 atom stereocenters. The lowest BCUT2D eigenvalue weighted by Crippen LogP contribution is -2.03. The van der Waals surface area contributed by atoms with Crippen LogP contribution in [-0.2, 0) is 13.5 Å². The molecule has 2 heterocycles. The zero-order chi connectivity index (χ0) is 10.8. The molecule has 4 nitrogen and oxygen atoms in total. The number of hydrogen-bond donors (Lipinski definition) is 0. The number of aromatic nitrogens is 3. The maximum Gasteiger partial charge on any atom is 0.225 e. The van der Waals surface area contributed by atoms with E-state index in [2.05, 4.69) is 10.2 Å². The second-order valence-corrected chi connectivity index (χ2v) is 4.09. The summed E-state index contributed by atoms with van der Waals surface area (Å²) in [5.74, 6) is -0.0325. The van der Waals surface area contributed by atoms with Gasteiger partial charge in [-0.3, -0.25) is 4.79 Å². The van der Waals surface area contributed by atoms with Gasteiger partial charge in [-0.2, -0.15) is 15.0 Å². The lowest BCUT2D eigenvalue weighted by Gasteiger charge is -1.96. The largest absolute Gasteiger partial charge is 0.286 e. The Labute approximate surface area is 91.5 Å². The molecule has 0 saturated carbocycles. The molecular formula is C10H11N3OS. The molecular weight excluding hydrogens is 210 g/mol. The van der Waals surface area contributed by atoms with Crippen molar-refractivity contribution in [2.45, 2.75) is 13.3 Å². The third kappa shape index (κ3) is 1.83. The van der Waals surface area contributed by atoms with Gasteiger partial charge in [0.2, 0.25) is 5.78 Å². The second kappa shape index (κ2) is 3.94. The summed E-state index contributed by atoms with van der Waals surface area (Å²) in [6, 6.07) is 1.98. The highest BCUT2D eigenvalue weighted by Crippen LogP contribution is 2.20. The molecule has 0 radical (unpaired) electrons. The lowest BCUT2D eigenvalue weighted by atomic mass is 10.1. The molecule has 0 aromatic carbocycles. The van der Waals surface area contributed by atoms with Gasteiger partial charge in [-0.05, 0) is 23.4 Å². The summed E-state index contributed by atoms with van der Waals surface area (Å²) in [4.78, 5) is 14.2. The molecule has 2 rings (SSSR count). The Morgan fingerprint density at radius 1 is 1.60 bits per heavy atom. The minimum absolute atomic E-state index is 0.0325. The van der Waals surface area contributed by atoms with Crippen molar-refractivity contribution in [1.29, 1.82) is 0 Å². The lowest BCUT2D eigenvalue weighted by molar-refractivity contribution is 0.103. The fraction of sp³-hybridized carbons (Fsp3) is 0.300. The zero-order valence-electron chi connectivity index (χ0n) is 8.60. The highest BCUT2D eigenvalue weighted by molar-refractivity contribution is 7.12.